The van der Waals surface area contributed by atoms with Crippen molar-refractivity contribution >= 4 is 23.2 Å². The number of carbonyl (C=O) groups is 2. The van der Waals surface area contributed by atoms with Crippen molar-refractivity contribution in [3.8, 4) is 0 Å². The van der Waals surface area contributed by atoms with Crippen molar-refractivity contribution in [1.82, 2.24) is 9.80 Å². The first kappa shape index (κ1) is 17.2. The average Bonchev–Trinajstić information content (AvgIpc) is 3.31. The number of hydrogen-bond acceptors (Lipinski definition) is 3. The molecule has 4 rings (SSSR count). The first-order chi connectivity index (χ1) is 12.6. The lowest BCUT2D eigenvalue weighted by Gasteiger charge is -2.39. The van der Waals surface area contributed by atoms with Gasteiger partial charge in [-0.1, -0.05) is 18.2 Å². The smallest absolute Gasteiger partial charge is 0.254 e. The van der Waals surface area contributed by atoms with Gasteiger partial charge in [-0.3, -0.25) is 9.59 Å². The molecule has 2 amide bonds. The number of benzene rings is 1. The number of amides is 2. The molecule has 1 aromatic carbocycles. The molecular formula is C20H21FN2O2S. The van der Waals surface area contributed by atoms with E-state index in [0.29, 0.717) is 43.7 Å². The highest BCUT2D eigenvalue weighted by Gasteiger charge is 2.49. The van der Waals surface area contributed by atoms with Crippen molar-refractivity contribution in [2.24, 2.45) is 5.41 Å². The maximum Gasteiger partial charge on any atom is 0.254 e. The normalized spacial score (nSPS) is 23.0. The van der Waals surface area contributed by atoms with Crippen LogP contribution in [0.4, 0.5) is 4.39 Å². The molecule has 1 unspecified atom stereocenters. The fraction of sp³-hybridized carbons (Fsp3) is 0.400. The van der Waals surface area contributed by atoms with Gasteiger partial charge in [-0.25, -0.2) is 4.39 Å². The van der Waals surface area contributed by atoms with E-state index < -0.39 is 5.41 Å². The number of thiophene rings is 1. The van der Waals surface area contributed by atoms with Crippen LogP contribution in [0.2, 0.25) is 0 Å². The third-order valence-electron chi connectivity index (χ3n) is 5.55. The topological polar surface area (TPSA) is 40.6 Å². The summed E-state index contributed by atoms with van der Waals surface area (Å²) < 4.78 is 14.0. The van der Waals surface area contributed by atoms with Crippen LogP contribution in [0.5, 0.6) is 0 Å². The molecule has 2 fully saturated rings. The SMILES string of the molecule is O=C(c1ccsc1)N1CCC2(CCCN(Cc3ccccc3F)C2=O)C1. The zero-order valence-corrected chi connectivity index (χ0v) is 15.3. The van der Waals surface area contributed by atoms with E-state index in [4.69, 9.17) is 0 Å². The molecule has 2 saturated heterocycles. The summed E-state index contributed by atoms with van der Waals surface area (Å²) in [5.41, 5.74) is 0.732. The first-order valence-corrected chi connectivity index (χ1v) is 9.88. The lowest BCUT2D eigenvalue weighted by molar-refractivity contribution is -0.146. The second-order valence-electron chi connectivity index (χ2n) is 7.19. The van der Waals surface area contributed by atoms with Gasteiger partial charge in [0.25, 0.3) is 5.91 Å². The molecule has 2 aromatic rings. The van der Waals surface area contributed by atoms with Crippen LogP contribution in [0.15, 0.2) is 41.1 Å². The predicted molar refractivity (Wildman–Crippen MR) is 98.3 cm³/mol. The van der Waals surface area contributed by atoms with Crippen molar-refractivity contribution in [3.63, 3.8) is 0 Å². The molecule has 0 N–H and O–H groups in total. The van der Waals surface area contributed by atoms with Crippen LogP contribution in [0.1, 0.15) is 35.2 Å². The van der Waals surface area contributed by atoms with Crippen molar-refractivity contribution < 1.29 is 14.0 Å². The predicted octanol–water partition coefficient (Wildman–Crippen LogP) is 3.54. The molecular weight excluding hydrogens is 351 g/mol. The minimum absolute atomic E-state index is 0.00199. The summed E-state index contributed by atoms with van der Waals surface area (Å²) in [4.78, 5) is 29.4. The number of nitrogens with zero attached hydrogens (tertiary/aromatic N) is 2. The van der Waals surface area contributed by atoms with Crippen molar-refractivity contribution in [2.45, 2.75) is 25.8 Å². The number of piperidine rings is 1. The minimum atomic E-state index is -0.505. The van der Waals surface area contributed by atoms with E-state index in [1.165, 1.54) is 17.4 Å². The van der Waals surface area contributed by atoms with Gasteiger partial charge < -0.3 is 9.80 Å². The van der Waals surface area contributed by atoms with Crippen LogP contribution in [-0.2, 0) is 11.3 Å². The van der Waals surface area contributed by atoms with Crippen LogP contribution >= 0.6 is 11.3 Å². The fourth-order valence-corrected chi connectivity index (χ4v) is 4.76. The first-order valence-electron chi connectivity index (χ1n) is 8.93. The molecule has 26 heavy (non-hydrogen) atoms. The summed E-state index contributed by atoms with van der Waals surface area (Å²) in [6.07, 6.45) is 2.38. The van der Waals surface area contributed by atoms with E-state index in [1.54, 1.807) is 28.0 Å². The molecule has 3 heterocycles. The monoisotopic (exact) mass is 372 g/mol. The highest BCUT2D eigenvalue weighted by Crippen LogP contribution is 2.41. The third kappa shape index (κ3) is 3.03. The van der Waals surface area contributed by atoms with Gasteiger partial charge in [0.1, 0.15) is 5.82 Å². The molecule has 0 bridgehead atoms. The van der Waals surface area contributed by atoms with Gasteiger partial charge in [0, 0.05) is 37.1 Å². The zero-order chi connectivity index (χ0) is 18.1. The van der Waals surface area contributed by atoms with E-state index in [0.717, 1.165) is 12.8 Å². The summed E-state index contributed by atoms with van der Waals surface area (Å²) in [5.74, 6) is -0.213. The van der Waals surface area contributed by atoms with E-state index in [9.17, 15) is 14.0 Å². The largest absolute Gasteiger partial charge is 0.338 e. The molecule has 2 aliphatic heterocycles. The Labute approximate surface area is 156 Å². The highest BCUT2D eigenvalue weighted by atomic mass is 32.1. The van der Waals surface area contributed by atoms with Crippen LogP contribution in [-0.4, -0.2) is 41.2 Å². The Bertz CT molecular complexity index is 823. The van der Waals surface area contributed by atoms with Gasteiger partial charge in [0.2, 0.25) is 5.91 Å². The van der Waals surface area contributed by atoms with Crippen molar-refractivity contribution in [2.75, 3.05) is 19.6 Å². The van der Waals surface area contributed by atoms with Crippen molar-refractivity contribution in [3.05, 3.63) is 58.0 Å². The Kier molecular flexibility index (Phi) is 4.53. The standard InChI is InChI=1S/C20H21FN2O2S/c21-17-5-2-1-4-15(17)12-22-9-3-7-20(19(22)25)8-10-23(14-20)18(24)16-6-11-26-13-16/h1-2,4-6,11,13H,3,7-10,12,14H2. The third-order valence-corrected chi connectivity index (χ3v) is 6.24. The number of carbonyl (C=O) groups excluding carboxylic acids is 2. The van der Waals surface area contributed by atoms with Gasteiger partial charge in [0.05, 0.1) is 11.0 Å². The van der Waals surface area contributed by atoms with Crippen LogP contribution in [0.25, 0.3) is 0 Å². The number of rotatable bonds is 3. The van der Waals surface area contributed by atoms with Gasteiger partial charge in [-0.2, -0.15) is 11.3 Å². The summed E-state index contributed by atoms with van der Waals surface area (Å²) >= 11 is 1.50. The Morgan fingerprint density at radius 2 is 2.04 bits per heavy atom. The molecule has 0 saturated carbocycles. The molecule has 0 radical (unpaired) electrons. The molecule has 1 aromatic heterocycles. The van der Waals surface area contributed by atoms with Gasteiger partial charge in [-0.15, -0.1) is 0 Å². The zero-order valence-electron chi connectivity index (χ0n) is 14.5. The highest BCUT2D eigenvalue weighted by molar-refractivity contribution is 7.08. The fourth-order valence-electron chi connectivity index (χ4n) is 4.13. The molecule has 1 spiro atoms. The molecule has 0 aliphatic carbocycles. The minimum Gasteiger partial charge on any atom is -0.338 e. The molecule has 6 heteroatoms. The quantitative estimate of drug-likeness (QED) is 0.827. The van der Waals surface area contributed by atoms with Gasteiger partial charge >= 0.3 is 0 Å². The lowest BCUT2D eigenvalue weighted by atomic mass is 9.78. The Balaban J connectivity index is 1.49. The Morgan fingerprint density at radius 3 is 2.81 bits per heavy atom. The van der Waals surface area contributed by atoms with Gasteiger partial charge in [-0.05, 0) is 36.8 Å². The van der Waals surface area contributed by atoms with E-state index in [-0.39, 0.29) is 17.6 Å². The van der Waals surface area contributed by atoms with E-state index in [1.807, 2.05) is 16.8 Å². The molecule has 1 atom stereocenters. The van der Waals surface area contributed by atoms with Crippen molar-refractivity contribution in [1.29, 1.82) is 0 Å². The summed E-state index contributed by atoms with van der Waals surface area (Å²) in [6, 6.07) is 8.43. The maximum absolute atomic E-state index is 14.0. The average molecular weight is 372 g/mol. The second-order valence-corrected chi connectivity index (χ2v) is 7.97. The maximum atomic E-state index is 14.0. The molecule has 136 valence electrons. The molecule has 4 nitrogen and oxygen atoms in total. The number of halogens is 1. The van der Waals surface area contributed by atoms with E-state index >= 15 is 0 Å². The lowest BCUT2D eigenvalue weighted by Crippen LogP contribution is -2.50. The van der Waals surface area contributed by atoms with Crippen LogP contribution in [0, 0.1) is 11.2 Å². The summed E-state index contributed by atoms with van der Waals surface area (Å²) in [5, 5.41) is 3.74. The van der Waals surface area contributed by atoms with E-state index in [2.05, 4.69) is 0 Å². The number of likely N-dealkylation sites (tertiary alicyclic amines) is 2. The number of hydrogen-bond donors (Lipinski definition) is 0. The summed E-state index contributed by atoms with van der Waals surface area (Å²) in [6.45, 7) is 2.02. The second kappa shape index (κ2) is 6.83. The molecule has 2 aliphatic rings. The van der Waals surface area contributed by atoms with Crippen LogP contribution in [0.3, 0.4) is 0 Å². The Hall–Kier alpha value is -2.21. The van der Waals surface area contributed by atoms with Crippen LogP contribution < -0.4 is 0 Å². The Morgan fingerprint density at radius 1 is 1.19 bits per heavy atom. The summed E-state index contributed by atoms with van der Waals surface area (Å²) in [7, 11) is 0. The van der Waals surface area contributed by atoms with Gasteiger partial charge in [0.15, 0.2) is 0 Å².